The smallest absolute Gasteiger partial charge is 0.265 e. The highest BCUT2D eigenvalue weighted by molar-refractivity contribution is 5.83. The van der Waals surface area contributed by atoms with Gasteiger partial charge in [0.1, 0.15) is 5.75 Å². The van der Waals surface area contributed by atoms with Gasteiger partial charge in [-0.2, -0.15) is 0 Å². The number of nitrogens with two attached hydrogens (primary N) is 1. The van der Waals surface area contributed by atoms with Crippen LogP contribution in [0.5, 0.6) is 5.75 Å². The minimum absolute atomic E-state index is 0.0281. The van der Waals surface area contributed by atoms with E-state index in [1.54, 1.807) is 0 Å². The first-order valence-electron chi connectivity index (χ1n) is 8.92. The molecule has 2 heterocycles. The standard InChI is InChI=1S/C20H23N3O3/c21-16-5-3-4-15(12-16)13-23-14-19(20(24)22-8-10-25-11-9-22)26-18-7-2-1-6-17(18)23/h1-7,12,19H,8-11,13-14,21H2. The predicted molar refractivity (Wildman–Crippen MR) is 100 cm³/mol. The Bertz CT molecular complexity index is 789. The van der Waals surface area contributed by atoms with E-state index in [4.69, 9.17) is 15.2 Å². The third kappa shape index (κ3) is 3.46. The van der Waals surface area contributed by atoms with E-state index in [0.717, 1.165) is 22.7 Å². The number of carbonyl (C=O) groups excluding carboxylic acids is 1. The number of fused-ring (bicyclic) bond motifs is 1. The molecule has 4 rings (SSSR count). The summed E-state index contributed by atoms with van der Waals surface area (Å²) in [5.41, 5.74) is 8.77. The van der Waals surface area contributed by atoms with Crippen molar-refractivity contribution in [2.75, 3.05) is 43.5 Å². The van der Waals surface area contributed by atoms with E-state index >= 15 is 0 Å². The fourth-order valence-electron chi connectivity index (χ4n) is 3.48. The van der Waals surface area contributed by atoms with Crippen LogP contribution in [0.25, 0.3) is 0 Å². The van der Waals surface area contributed by atoms with E-state index in [1.165, 1.54) is 0 Å². The molecule has 1 saturated heterocycles. The molecule has 1 atom stereocenters. The molecule has 2 N–H and O–H groups in total. The zero-order valence-corrected chi connectivity index (χ0v) is 14.6. The summed E-state index contributed by atoms with van der Waals surface area (Å²) in [6, 6.07) is 15.7. The number of rotatable bonds is 3. The lowest BCUT2D eigenvalue weighted by atomic mass is 10.1. The van der Waals surface area contributed by atoms with Gasteiger partial charge in [0.05, 0.1) is 25.4 Å². The molecule has 0 aliphatic carbocycles. The van der Waals surface area contributed by atoms with Crippen molar-refractivity contribution < 1.29 is 14.3 Å². The second kappa shape index (κ2) is 7.25. The number of para-hydroxylation sites is 2. The van der Waals surface area contributed by atoms with E-state index in [9.17, 15) is 4.79 Å². The Hall–Kier alpha value is -2.73. The second-order valence-corrected chi connectivity index (χ2v) is 6.64. The van der Waals surface area contributed by atoms with Crippen LogP contribution in [0.3, 0.4) is 0 Å². The highest BCUT2D eigenvalue weighted by Crippen LogP contribution is 2.34. The molecule has 0 radical (unpaired) electrons. The van der Waals surface area contributed by atoms with E-state index in [0.29, 0.717) is 39.4 Å². The molecule has 2 aromatic carbocycles. The fraction of sp³-hybridized carbons (Fsp3) is 0.350. The third-order valence-electron chi connectivity index (χ3n) is 4.78. The van der Waals surface area contributed by atoms with Crippen molar-refractivity contribution in [3.8, 4) is 5.75 Å². The van der Waals surface area contributed by atoms with Crippen LogP contribution in [0.2, 0.25) is 0 Å². The maximum absolute atomic E-state index is 12.9. The molecule has 6 nitrogen and oxygen atoms in total. The van der Waals surface area contributed by atoms with Gasteiger partial charge >= 0.3 is 0 Å². The minimum Gasteiger partial charge on any atom is -0.477 e. The molecule has 6 heteroatoms. The zero-order chi connectivity index (χ0) is 17.9. The van der Waals surface area contributed by atoms with Gasteiger partial charge in [-0.3, -0.25) is 4.79 Å². The maximum atomic E-state index is 12.9. The number of nitrogen functional groups attached to an aromatic ring is 1. The zero-order valence-electron chi connectivity index (χ0n) is 14.6. The van der Waals surface area contributed by atoms with Crippen LogP contribution in [0.4, 0.5) is 11.4 Å². The molecule has 1 fully saturated rings. The summed E-state index contributed by atoms with van der Waals surface area (Å²) in [6.45, 7) is 3.61. The van der Waals surface area contributed by atoms with Crippen LogP contribution in [-0.4, -0.2) is 49.8 Å². The molecule has 26 heavy (non-hydrogen) atoms. The molecule has 0 saturated carbocycles. The SMILES string of the molecule is Nc1cccc(CN2CC(C(=O)N3CCOCC3)Oc3ccccc32)c1. The van der Waals surface area contributed by atoms with Crippen molar-refractivity contribution >= 4 is 17.3 Å². The number of benzene rings is 2. The van der Waals surface area contributed by atoms with Crippen LogP contribution in [0, 0.1) is 0 Å². The Kier molecular flexibility index (Phi) is 4.67. The average molecular weight is 353 g/mol. The Balaban J connectivity index is 1.57. The van der Waals surface area contributed by atoms with E-state index in [1.807, 2.05) is 53.4 Å². The number of anilines is 2. The summed E-state index contributed by atoms with van der Waals surface area (Å²) in [4.78, 5) is 16.9. The predicted octanol–water partition coefficient (Wildman–Crippen LogP) is 1.90. The number of carbonyl (C=O) groups is 1. The molecular formula is C20H23N3O3. The van der Waals surface area contributed by atoms with Gasteiger partial charge < -0.3 is 25.0 Å². The Labute approximate surface area is 153 Å². The van der Waals surface area contributed by atoms with Crippen LogP contribution in [0.1, 0.15) is 5.56 Å². The molecule has 1 unspecified atom stereocenters. The molecule has 2 aliphatic heterocycles. The second-order valence-electron chi connectivity index (χ2n) is 6.64. The quantitative estimate of drug-likeness (QED) is 0.854. The first-order chi connectivity index (χ1) is 12.7. The molecule has 0 aromatic heterocycles. The number of ether oxygens (including phenoxy) is 2. The summed E-state index contributed by atoms with van der Waals surface area (Å²) in [7, 11) is 0. The van der Waals surface area contributed by atoms with E-state index in [2.05, 4.69) is 4.90 Å². The molecule has 0 spiro atoms. The maximum Gasteiger partial charge on any atom is 0.265 e. The summed E-state index contributed by atoms with van der Waals surface area (Å²) >= 11 is 0. The number of hydrogen-bond acceptors (Lipinski definition) is 5. The van der Waals surface area contributed by atoms with Crippen molar-refractivity contribution in [2.24, 2.45) is 0 Å². The number of morpholine rings is 1. The summed E-state index contributed by atoms with van der Waals surface area (Å²) in [6.07, 6.45) is -0.510. The molecule has 1 amide bonds. The first kappa shape index (κ1) is 16.7. The molecular weight excluding hydrogens is 330 g/mol. The number of hydrogen-bond donors (Lipinski definition) is 1. The monoisotopic (exact) mass is 353 g/mol. The van der Waals surface area contributed by atoms with Crippen molar-refractivity contribution in [2.45, 2.75) is 12.6 Å². The van der Waals surface area contributed by atoms with Crippen molar-refractivity contribution in [3.05, 3.63) is 54.1 Å². The van der Waals surface area contributed by atoms with Gasteiger partial charge in [0, 0.05) is 25.3 Å². The van der Waals surface area contributed by atoms with Gasteiger partial charge in [0.25, 0.3) is 5.91 Å². The Morgan fingerprint density at radius 1 is 1.12 bits per heavy atom. The molecule has 2 aliphatic rings. The highest BCUT2D eigenvalue weighted by atomic mass is 16.5. The first-order valence-corrected chi connectivity index (χ1v) is 8.92. The van der Waals surface area contributed by atoms with Crippen LogP contribution in [0.15, 0.2) is 48.5 Å². The van der Waals surface area contributed by atoms with Gasteiger partial charge in [-0.05, 0) is 29.8 Å². The van der Waals surface area contributed by atoms with E-state index < -0.39 is 6.10 Å². The van der Waals surface area contributed by atoms with Crippen LogP contribution in [-0.2, 0) is 16.1 Å². The van der Waals surface area contributed by atoms with Crippen molar-refractivity contribution in [3.63, 3.8) is 0 Å². The largest absolute Gasteiger partial charge is 0.477 e. The summed E-state index contributed by atoms with van der Waals surface area (Å²) < 4.78 is 11.4. The highest BCUT2D eigenvalue weighted by Gasteiger charge is 2.34. The lowest BCUT2D eigenvalue weighted by Crippen LogP contribution is -2.52. The Morgan fingerprint density at radius 3 is 2.73 bits per heavy atom. The van der Waals surface area contributed by atoms with Crippen molar-refractivity contribution in [1.29, 1.82) is 0 Å². The minimum atomic E-state index is -0.510. The molecule has 0 bridgehead atoms. The molecule has 136 valence electrons. The summed E-state index contributed by atoms with van der Waals surface area (Å²) in [5.74, 6) is 0.773. The van der Waals surface area contributed by atoms with Crippen LogP contribution < -0.4 is 15.4 Å². The van der Waals surface area contributed by atoms with Gasteiger partial charge in [0.15, 0.2) is 6.10 Å². The summed E-state index contributed by atoms with van der Waals surface area (Å²) in [5, 5.41) is 0. The topological polar surface area (TPSA) is 68.0 Å². The van der Waals surface area contributed by atoms with E-state index in [-0.39, 0.29) is 5.91 Å². The lowest BCUT2D eigenvalue weighted by Gasteiger charge is -2.38. The van der Waals surface area contributed by atoms with Gasteiger partial charge in [-0.25, -0.2) is 0 Å². The Morgan fingerprint density at radius 2 is 1.92 bits per heavy atom. The lowest BCUT2D eigenvalue weighted by molar-refractivity contribution is -0.142. The van der Waals surface area contributed by atoms with Gasteiger partial charge in [-0.1, -0.05) is 24.3 Å². The fourth-order valence-corrected chi connectivity index (χ4v) is 3.48. The molecule has 2 aromatic rings. The normalized spacial score (nSPS) is 19.6. The van der Waals surface area contributed by atoms with Crippen molar-refractivity contribution in [1.82, 2.24) is 4.90 Å². The van der Waals surface area contributed by atoms with Crippen LogP contribution >= 0.6 is 0 Å². The third-order valence-corrected chi connectivity index (χ3v) is 4.78. The number of nitrogens with zero attached hydrogens (tertiary/aromatic N) is 2. The number of amides is 1. The van der Waals surface area contributed by atoms with Gasteiger partial charge in [0.2, 0.25) is 0 Å². The van der Waals surface area contributed by atoms with Gasteiger partial charge in [-0.15, -0.1) is 0 Å². The average Bonchev–Trinajstić information content (AvgIpc) is 2.68.